The molecule has 2 aromatic carbocycles. The maximum atomic E-state index is 15.0. The van der Waals surface area contributed by atoms with Gasteiger partial charge in [0.25, 0.3) is 5.91 Å². The molecule has 1 unspecified atom stereocenters. The van der Waals surface area contributed by atoms with Crippen LogP contribution in [-0.2, 0) is 24.4 Å². The summed E-state index contributed by atoms with van der Waals surface area (Å²) in [6.07, 6.45) is -2.58. The van der Waals surface area contributed by atoms with Crippen LogP contribution in [0, 0.1) is 11.3 Å². The lowest BCUT2D eigenvalue weighted by Gasteiger charge is -2.35. The summed E-state index contributed by atoms with van der Waals surface area (Å²) in [4.78, 5) is 53.6. The van der Waals surface area contributed by atoms with Crippen LogP contribution >= 0.6 is 34.5 Å². The number of thiazole rings is 1. The number of carbonyl (C=O) groups excluding carboxylic acids is 3. The molecule has 63 heavy (non-hydrogen) atoms. The van der Waals surface area contributed by atoms with E-state index in [1.807, 2.05) is 37.6 Å². The average Bonchev–Trinajstić information content (AvgIpc) is 3.99. The largest absolute Gasteiger partial charge is 0.494 e. The summed E-state index contributed by atoms with van der Waals surface area (Å²) in [6.45, 7) is 5.37. The number of fused-ring (bicyclic) bond motifs is 1. The van der Waals surface area contributed by atoms with Crippen LogP contribution < -0.4 is 24.8 Å². The molecule has 2 saturated carbocycles. The average molecular weight is 947 g/mol. The number of benzene rings is 2. The first-order valence-corrected chi connectivity index (χ1v) is 23.2. The van der Waals surface area contributed by atoms with E-state index >= 15 is 0 Å². The molecule has 0 radical (unpaired) electrons. The van der Waals surface area contributed by atoms with Crippen molar-refractivity contribution in [1.29, 1.82) is 0 Å². The lowest BCUT2D eigenvalue weighted by atomic mass is 9.85. The van der Waals surface area contributed by atoms with Crippen LogP contribution in [0.1, 0.15) is 52.9 Å². The Balaban J connectivity index is 1.08. The van der Waals surface area contributed by atoms with Crippen molar-refractivity contribution in [1.82, 2.24) is 30.1 Å². The molecule has 15 nitrogen and oxygen atoms in total. The third-order valence-corrected chi connectivity index (χ3v) is 14.5. The second-order valence-electron chi connectivity index (χ2n) is 17.0. The molecule has 8 rings (SSSR count). The van der Waals surface area contributed by atoms with Crippen LogP contribution in [0.2, 0.25) is 10.0 Å². The molecule has 3 N–H and O–H groups in total. The maximum Gasteiger partial charge on any atom is 0.259 e. The highest BCUT2D eigenvalue weighted by Gasteiger charge is 2.63. The summed E-state index contributed by atoms with van der Waals surface area (Å²) in [7, 11) is -2.60. The Labute approximate surface area is 375 Å². The van der Waals surface area contributed by atoms with Gasteiger partial charge in [-0.05, 0) is 60.9 Å². The van der Waals surface area contributed by atoms with Gasteiger partial charge in [0.05, 0.1) is 25.1 Å². The smallest absolute Gasteiger partial charge is 0.259 e. The fourth-order valence-corrected chi connectivity index (χ4v) is 10.2. The number of rotatable bonds is 15. The predicted octanol–water partition coefficient (Wildman–Crippen LogP) is 7.34. The van der Waals surface area contributed by atoms with Crippen LogP contribution in [0.5, 0.6) is 11.6 Å². The molecule has 21 heteroatoms. The quantitative estimate of drug-likeness (QED) is 0.0947. The maximum absolute atomic E-state index is 15.0. The third kappa shape index (κ3) is 9.42. The van der Waals surface area contributed by atoms with Gasteiger partial charge in [0, 0.05) is 50.7 Å². The van der Waals surface area contributed by atoms with Gasteiger partial charge >= 0.3 is 0 Å². The van der Waals surface area contributed by atoms with Crippen LogP contribution in [0.15, 0.2) is 64.6 Å². The van der Waals surface area contributed by atoms with E-state index in [2.05, 4.69) is 25.8 Å². The van der Waals surface area contributed by atoms with Crippen molar-refractivity contribution in [2.45, 2.75) is 88.3 Å². The molecule has 2 aliphatic carbocycles. The minimum atomic E-state index is -4.09. The van der Waals surface area contributed by atoms with Crippen LogP contribution in [0.4, 0.5) is 13.9 Å². The second kappa shape index (κ2) is 17.1. The van der Waals surface area contributed by atoms with E-state index in [1.54, 1.807) is 41.8 Å². The molecule has 3 fully saturated rings. The number of alkyl halides is 2. The number of hydrogen-bond acceptors (Lipinski definition) is 13. The lowest BCUT2D eigenvalue weighted by Crippen LogP contribution is -2.58. The molecular formula is C42H43Cl2F2N7O8S2. The number of ether oxygens (including phenoxy) is 2. The number of sulfonamides is 1. The number of amides is 3. The van der Waals surface area contributed by atoms with Crippen molar-refractivity contribution < 1.29 is 45.6 Å². The number of nitrogens with zero attached hydrogens (tertiary/aromatic N) is 4. The zero-order chi connectivity index (χ0) is 45.0. The Hall–Kier alpha value is -5.11. The van der Waals surface area contributed by atoms with Crippen molar-refractivity contribution in [3.63, 3.8) is 0 Å². The molecule has 0 spiro atoms. The predicted molar refractivity (Wildman–Crippen MR) is 232 cm³/mol. The van der Waals surface area contributed by atoms with Crippen molar-refractivity contribution in [3.05, 3.63) is 70.2 Å². The van der Waals surface area contributed by atoms with E-state index < -0.39 is 80.9 Å². The Morgan fingerprint density at radius 2 is 1.78 bits per heavy atom. The fraction of sp³-hybridized carbons (Fsp3) is 0.429. The topological polar surface area (TPSA) is 195 Å². The van der Waals surface area contributed by atoms with Crippen LogP contribution in [0.25, 0.3) is 33.5 Å². The summed E-state index contributed by atoms with van der Waals surface area (Å²) in [5, 5.41) is 13.5. The molecule has 5 aromatic rings. The summed E-state index contributed by atoms with van der Waals surface area (Å²) in [5.74, 6) is -2.52. The zero-order valence-electron chi connectivity index (χ0n) is 34.4. The highest BCUT2D eigenvalue weighted by molar-refractivity contribution is 7.91. The SMILES string of the molecule is COc1cnc(O[C@@H]2C[C@@H](C(=O)N[C@]3(C(=O)NS(=O)(=O)C4CC4)C[C@H]3CC(F)F)N(C(=O)C(Nc3nc(-c4cc(-c5ccc(Cl)cc5)no4)cs3)C(C)(C)C)C2)c2cc(Cl)ccc12. The van der Waals surface area contributed by atoms with Crippen molar-refractivity contribution >= 4 is 78.2 Å². The number of nitrogens with one attached hydrogen (secondary N) is 3. The van der Waals surface area contributed by atoms with Crippen LogP contribution in [0.3, 0.4) is 0 Å². The first kappa shape index (κ1) is 44.5. The highest BCUT2D eigenvalue weighted by atomic mass is 35.5. The van der Waals surface area contributed by atoms with Crippen LogP contribution in [-0.4, -0.2) is 95.2 Å². The van der Waals surface area contributed by atoms with Gasteiger partial charge in [0.2, 0.25) is 34.1 Å². The lowest BCUT2D eigenvalue weighted by molar-refractivity contribution is -0.141. The van der Waals surface area contributed by atoms with Gasteiger partial charge in [-0.2, -0.15) is 0 Å². The highest BCUT2D eigenvalue weighted by Crippen LogP contribution is 2.48. The van der Waals surface area contributed by atoms with Gasteiger partial charge in [0.1, 0.15) is 40.9 Å². The first-order chi connectivity index (χ1) is 29.8. The number of methoxy groups -OCH3 is 1. The van der Waals surface area contributed by atoms with Gasteiger partial charge in [0.15, 0.2) is 10.9 Å². The third-order valence-electron chi connectivity index (χ3n) is 11.4. The van der Waals surface area contributed by atoms with Crippen molar-refractivity contribution in [3.8, 4) is 34.3 Å². The Kier molecular flexibility index (Phi) is 12.1. The van der Waals surface area contributed by atoms with E-state index in [-0.39, 0.29) is 25.3 Å². The first-order valence-electron chi connectivity index (χ1n) is 20.1. The Bertz CT molecular complexity index is 2680. The molecule has 334 valence electrons. The molecule has 3 aliphatic rings. The van der Waals surface area contributed by atoms with Gasteiger partial charge in [-0.3, -0.25) is 19.1 Å². The van der Waals surface area contributed by atoms with E-state index in [9.17, 15) is 31.6 Å². The van der Waals surface area contributed by atoms with E-state index in [0.29, 0.717) is 61.7 Å². The number of likely N-dealkylation sites (tertiary alicyclic amines) is 1. The monoisotopic (exact) mass is 945 g/mol. The number of hydrogen-bond donors (Lipinski definition) is 3. The number of pyridine rings is 1. The number of anilines is 1. The number of halogens is 4. The Morgan fingerprint density at radius 1 is 1.05 bits per heavy atom. The second-order valence-corrected chi connectivity index (χ2v) is 20.7. The Morgan fingerprint density at radius 3 is 2.46 bits per heavy atom. The van der Waals surface area contributed by atoms with E-state index in [1.165, 1.54) is 29.5 Å². The van der Waals surface area contributed by atoms with Gasteiger partial charge in [-0.1, -0.05) is 61.3 Å². The molecular weight excluding hydrogens is 904 g/mol. The van der Waals surface area contributed by atoms with Crippen molar-refractivity contribution in [2.24, 2.45) is 11.3 Å². The van der Waals surface area contributed by atoms with Crippen molar-refractivity contribution in [2.75, 3.05) is 19.0 Å². The molecule has 0 bridgehead atoms. The minimum absolute atomic E-state index is 0.107. The molecule has 4 heterocycles. The van der Waals surface area contributed by atoms with E-state index in [0.717, 1.165) is 5.56 Å². The molecule has 1 saturated heterocycles. The summed E-state index contributed by atoms with van der Waals surface area (Å²) in [5.41, 5.74) is -0.928. The summed E-state index contributed by atoms with van der Waals surface area (Å²) in [6, 6.07) is 11.6. The summed E-state index contributed by atoms with van der Waals surface area (Å²) < 4.78 is 72.7. The molecule has 1 aliphatic heterocycles. The van der Waals surface area contributed by atoms with Gasteiger partial charge in [-0.15, -0.1) is 11.3 Å². The molecule has 3 aromatic heterocycles. The van der Waals surface area contributed by atoms with E-state index in [4.69, 9.17) is 37.2 Å². The van der Waals surface area contributed by atoms with Gasteiger partial charge in [-0.25, -0.2) is 27.2 Å². The summed E-state index contributed by atoms with van der Waals surface area (Å²) >= 11 is 13.6. The fourth-order valence-electron chi connectivity index (χ4n) is 7.80. The molecule has 5 atom stereocenters. The number of aromatic nitrogens is 3. The minimum Gasteiger partial charge on any atom is -0.494 e. The molecule has 3 amide bonds. The normalized spacial score (nSPS) is 21.6. The van der Waals surface area contributed by atoms with Gasteiger partial charge < -0.3 is 29.5 Å². The zero-order valence-corrected chi connectivity index (χ0v) is 37.5. The number of carbonyl (C=O) groups is 3. The standard InChI is InChI=1S/C42H43Cl2F2N7O8S2/c1-41(2,3)35(49-40-48-30(20-62-40)32-16-29(51-61-32)21-5-7-23(43)8-6-21)38(55)53-19-25(60-37-28-14-24(44)9-12-27(28)33(59-4)18-47-37)15-31(53)36(54)50-42(17-22(42)13-34(45)46)39(56)52-63(57,58)26-10-11-26/h5-9,12,14,16,18,20,22,25-26,31,34-35H,10-11,13,15,17,19H2,1-4H3,(H,48,49)(H,50,54)(H,52,56)/t22-,25-,31+,35?,42-/m1/s1.